The predicted molar refractivity (Wildman–Crippen MR) is 84.4 cm³/mol. The first kappa shape index (κ1) is 13.6. The highest BCUT2D eigenvalue weighted by molar-refractivity contribution is 6.14. The lowest BCUT2D eigenvalue weighted by Crippen LogP contribution is -2.23. The Hall–Kier alpha value is -2.33. The summed E-state index contributed by atoms with van der Waals surface area (Å²) in [5.74, 6) is 0.877. The molecule has 0 radical (unpaired) electrons. The molecule has 1 aliphatic rings. The van der Waals surface area contributed by atoms with Crippen LogP contribution in [-0.4, -0.2) is 24.9 Å². The Labute approximate surface area is 124 Å². The Balaban J connectivity index is 2.05. The first-order chi connectivity index (χ1) is 10.2. The fourth-order valence-corrected chi connectivity index (χ4v) is 2.58. The number of nitrogens with two attached hydrogens (primary N) is 1. The Bertz CT molecular complexity index is 677. The van der Waals surface area contributed by atoms with Gasteiger partial charge in [0.25, 0.3) is 0 Å². The molecule has 0 fully saturated rings. The van der Waals surface area contributed by atoms with Crippen LogP contribution in [0.4, 0.5) is 0 Å². The third-order valence-corrected chi connectivity index (χ3v) is 3.70. The first-order valence-corrected chi connectivity index (χ1v) is 6.97. The number of ether oxygens (including phenoxy) is 1. The van der Waals surface area contributed by atoms with Crippen molar-refractivity contribution >= 4 is 5.71 Å². The van der Waals surface area contributed by atoms with Crippen LogP contribution in [0.15, 0.2) is 47.6 Å². The van der Waals surface area contributed by atoms with Gasteiger partial charge in [0.2, 0.25) is 0 Å². The quantitative estimate of drug-likeness (QED) is 0.939. The summed E-state index contributed by atoms with van der Waals surface area (Å²) in [6.07, 6.45) is 0. The van der Waals surface area contributed by atoms with Gasteiger partial charge in [-0.25, -0.2) is 0 Å². The molecule has 0 atom stereocenters. The maximum absolute atomic E-state index is 5.66. The zero-order valence-corrected chi connectivity index (χ0v) is 12.3. The molecule has 0 aromatic heterocycles. The first-order valence-electron chi connectivity index (χ1n) is 6.97. The molecular formula is C17H19N3O. The highest BCUT2D eigenvalue weighted by atomic mass is 16.5. The molecule has 0 aliphatic carbocycles. The molecule has 4 nitrogen and oxygen atoms in total. The fraction of sp³-hybridized carbons (Fsp3) is 0.235. The summed E-state index contributed by atoms with van der Waals surface area (Å²) in [7, 11) is 3.67. The number of rotatable bonds is 3. The summed E-state index contributed by atoms with van der Waals surface area (Å²) in [5.41, 5.74) is 11.3. The van der Waals surface area contributed by atoms with Gasteiger partial charge >= 0.3 is 0 Å². The number of hydrazone groups is 1. The van der Waals surface area contributed by atoms with Crippen LogP contribution in [0.3, 0.4) is 0 Å². The summed E-state index contributed by atoms with van der Waals surface area (Å²) in [6.45, 7) is 1.34. The second-order valence-corrected chi connectivity index (χ2v) is 5.19. The minimum absolute atomic E-state index is 0.556. The number of fused-ring (bicyclic) bond motifs is 1. The number of hydrogen-bond acceptors (Lipinski definition) is 4. The number of hydrogen-bond donors (Lipinski definition) is 1. The molecule has 0 spiro atoms. The molecule has 2 N–H and O–H groups in total. The molecule has 1 aliphatic heterocycles. The van der Waals surface area contributed by atoms with E-state index in [2.05, 4.69) is 41.5 Å². The lowest BCUT2D eigenvalue weighted by Gasteiger charge is -2.25. The van der Waals surface area contributed by atoms with Crippen molar-refractivity contribution in [3.63, 3.8) is 0 Å². The molecule has 0 amide bonds. The average molecular weight is 281 g/mol. The standard InChI is InChI=1S/C17H19N3O/c1-20-11-14-9-15(21-2)7-8-16(14)17(19-20)13-5-3-12(10-18)4-6-13/h3-9H,10-11,18H2,1-2H3. The fourth-order valence-electron chi connectivity index (χ4n) is 2.58. The summed E-state index contributed by atoms with van der Waals surface area (Å²) in [4.78, 5) is 0. The van der Waals surface area contributed by atoms with E-state index < -0.39 is 0 Å². The molecule has 2 aromatic carbocycles. The summed E-state index contributed by atoms with van der Waals surface area (Å²) in [5, 5.41) is 6.64. The van der Waals surface area contributed by atoms with E-state index in [-0.39, 0.29) is 0 Å². The number of methoxy groups -OCH3 is 1. The highest BCUT2D eigenvalue weighted by Gasteiger charge is 2.19. The van der Waals surface area contributed by atoms with Gasteiger partial charge in [0.1, 0.15) is 5.75 Å². The Kier molecular flexibility index (Phi) is 3.62. The van der Waals surface area contributed by atoms with E-state index in [0.29, 0.717) is 6.54 Å². The largest absolute Gasteiger partial charge is 0.497 e. The van der Waals surface area contributed by atoms with Crippen LogP contribution in [0.1, 0.15) is 22.3 Å². The number of nitrogens with zero attached hydrogens (tertiary/aromatic N) is 2. The van der Waals surface area contributed by atoms with Crippen molar-refractivity contribution in [1.29, 1.82) is 0 Å². The van der Waals surface area contributed by atoms with E-state index in [9.17, 15) is 0 Å². The van der Waals surface area contributed by atoms with Gasteiger partial charge in [-0.05, 0) is 29.3 Å². The maximum Gasteiger partial charge on any atom is 0.119 e. The third-order valence-electron chi connectivity index (χ3n) is 3.70. The zero-order valence-electron chi connectivity index (χ0n) is 12.3. The topological polar surface area (TPSA) is 50.8 Å². The van der Waals surface area contributed by atoms with Crippen molar-refractivity contribution in [2.24, 2.45) is 10.8 Å². The smallest absolute Gasteiger partial charge is 0.119 e. The highest BCUT2D eigenvalue weighted by Crippen LogP contribution is 2.26. The molecule has 4 heteroatoms. The van der Waals surface area contributed by atoms with Crippen molar-refractivity contribution in [1.82, 2.24) is 5.01 Å². The van der Waals surface area contributed by atoms with Crippen LogP contribution in [0, 0.1) is 0 Å². The van der Waals surface area contributed by atoms with Crippen molar-refractivity contribution in [2.75, 3.05) is 14.2 Å². The monoisotopic (exact) mass is 281 g/mol. The van der Waals surface area contributed by atoms with Gasteiger partial charge < -0.3 is 10.5 Å². The third kappa shape index (κ3) is 2.62. The second-order valence-electron chi connectivity index (χ2n) is 5.19. The van der Waals surface area contributed by atoms with Crippen molar-refractivity contribution < 1.29 is 4.74 Å². The van der Waals surface area contributed by atoms with Gasteiger partial charge in [-0.2, -0.15) is 5.10 Å². The number of benzene rings is 2. The Morgan fingerprint density at radius 2 is 1.95 bits per heavy atom. The second kappa shape index (κ2) is 5.58. The SMILES string of the molecule is COc1ccc2c(c1)CN(C)N=C2c1ccc(CN)cc1. The molecule has 108 valence electrons. The van der Waals surface area contributed by atoms with Gasteiger partial charge in [-0.3, -0.25) is 5.01 Å². The van der Waals surface area contributed by atoms with Gasteiger partial charge in [0, 0.05) is 24.7 Å². The van der Waals surface area contributed by atoms with Gasteiger partial charge in [-0.15, -0.1) is 0 Å². The van der Waals surface area contributed by atoms with Gasteiger partial charge in [0.05, 0.1) is 19.4 Å². The lowest BCUT2D eigenvalue weighted by atomic mass is 9.95. The van der Waals surface area contributed by atoms with Crippen molar-refractivity contribution in [2.45, 2.75) is 13.1 Å². The van der Waals surface area contributed by atoms with Gasteiger partial charge in [0.15, 0.2) is 0 Å². The molecule has 21 heavy (non-hydrogen) atoms. The van der Waals surface area contributed by atoms with E-state index in [1.807, 2.05) is 18.1 Å². The maximum atomic E-state index is 5.66. The Morgan fingerprint density at radius 3 is 2.62 bits per heavy atom. The molecule has 2 aromatic rings. The molecule has 3 rings (SSSR count). The average Bonchev–Trinajstić information content (AvgIpc) is 2.53. The van der Waals surface area contributed by atoms with E-state index >= 15 is 0 Å². The molecule has 1 heterocycles. The predicted octanol–water partition coefficient (Wildman–Crippen LogP) is 2.35. The van der Waals surface area contributed by atoms with E-state index in [1.54, 1.807) is 7.11 Å². The normalized spacial score (nSPS) is 13.7. The van der Waals surface area contributed by atoms with Crippen molar-refractivity contribution in [3.05, 3.63) is 64.7 Å². The summed E-state index contributed by atoms with van der Waals surface area (Å²) >= 11 is 0. The lowest BCUT2D eigenvalue weighted by molar-refractivity contribution is 0.339. The summed E-state index contributed by atoms with van der Waals surface area (Å²) < 4.78 is 5.31. The molecule has 0 saturated heterocycles. The van der Waals surface area contributed by atoms with Crippen LogP contribution >= 0.6 is 0 Å². The van der Waals surface area contributed by atoms with Crippen LogP contribution in [0.25, 0.3) is 0 Å². The van der Waals surface area contributed by atoms with Crippen LogP contribution in [-0.2, 0) is 13.1 Å². The molecule has 0 unspecified atom stereocenters. The van der Waals surface area contributed by atoms with E-state index in [0.717, 1.165) is 34.7 Å². The van der Waals surface area contributed by atoms with Crippen LogP contribution < -0.4 is 10.5 Å². The zero-order chi connectivity index (χ0) is 14.8. The summed E-state index contributed by atoms with van der Waals surface area (Å²) in [6, 6.07) is 14.4. The van der Waals surface area contributed by atoms with E-state index in [4.69, 9.17) is 10.5 Å². The molecular weight excluding hydrogens is 262 g/mol. The van der Waals surface area contributed by atoms with Gasteiger partial charge in [-0.1, -0.05) is 24.3 Å². The Morgan fingerprint density at radius 1 is 1.19 bits per heavy atom. The van der Waals surface area contributed by atoms with Crippen LogP contribution in [0.5, 0.6) is 5.75 Å². The molecule has 0 saturated carbocycles. The van der Waals surface area contributed by atoms with Crippen LogP contribution in [0.2, 0.25) is 0 Å². The minimum atomic E-state index is 0.556. The molecule has 0 bridgehead atoms. The van der Waals surface area contributed by atoms with Crippen molar-refractivity contribution in [3.8, 4) is 5.75 Å². The minimum Gasteiger partial charge on any atom is -0.497 e. The van der Waals surface area contributed by atoms with E-state index in [1.165, 1.54) is 5.56 Å².